The van der Waals surface area contributed by atoms with Gasteiger partial charge in [-0.15, -0.1) is 0 Å². The average molecular weight is 393 g/mol. The van der Waals surface area contributed by atoms with E-state index in [9.17, 15) is 9.90 Å². The summed E-state index contributed by atoms with van der Waals surface area (Å²) < 4.78 is 3.13. The Bertz CT molecular complexity index is 983. The molecule has 1 fully saturated rings. The van der Waals surface area contributed by atoms with E-state index in [0.29, 0.717) is 12.3 Å². The molecule has 0 aliphatic carbocycles. The smallest absolute Gasteiger partial charge is 0.350 e. The molecule has 1 saturated heterocycles. The van der Waals surface area contributed by atoms with Gasteiger partial charge in [-0.2, -0.15) is 5.10 Å². The molecule has 0 radical (unpaired) electrons. The summed E-state index contributed by atoms with van der Waals surface area (Å²) in [6, 6.07) is 15.5. The molecule has 4 rings (SSSR count). The van der Waals surface area contributed by atoms with Crippen LogP contribution in [0, 0.1) is 0 Å². The summed E-state index contributed by atoms with van der Waals surface area (Å²) in [5.74, 6) is 0.294. The molecule has 1 N–H and O–H groups in total. The fourth-order valence-corrected chi connectivity index (χ4v) is 3.69. The fourth-order valence-electron chi connectivity index (χ4n) is 3.69. The number of phenols is 1. The first-order chi connectivity index (χ1) is 14.2. The van der Waals surface area contributed by atoms with Gasteiger partial charge in [-0.1, -0.05) is 13.3 Å². The minimum Gasteiger partial charge on any atom is -0.508 e. The van der Waals surface area contributed by atoms with Gasteiger partial charge in [0.2, 0.25) is 0 Å². The van der Waals surface area contributed by atoms with E-state index < -0.39 is 0 Å². The van der Waals surface area contributed by atoms with E-state index in [-0.39, 0.29) is 5.69 Å². The predicted octanol–water partition coefficient (Wildman–Crippen LogP) is 2.87. The maximum atomic E-state index is 12.5. The van der Waals surface area contributed by atoms with Crippen molar-refractivity contribution in [2.75, 3.05) is 36.0 Å². The SMILES string of the molecule is CCCCn1ncn(-c2ccc(N3CCN(c4ccc(O)cc4)CC3)cc2)c1=O. The number of phenolic OH excluding ortho intramolecular Hbond substituents is 1. The van der Waals surface area contributed by atoms with Gasteiger partial charge in [-0.05, 0) is 55.0 Å². The first kappa shape index (κ1) is 19.1. The molecule has 1 aromatic heterocycles. The molecule has 7 heteroatoms. The molecule has 2 aromatic carbocycles. The maximum absolute atomic E-state index is 12.5. The Morgan fingerprint density at radius 2 is 1.38 bits per heavy atom. The molecule has 0 saturated carbocycles. The van der Waals surface area contributed by atoms with E-state index in [0.717, 1.165) is 56.1 Å². The summed E-state index contributed by atoms with van der Waals surface area (Å²) in [5, 5.41) is 13.7. The van der Waals surface area contributed by atoms with Crippen LogP contribution in [0.2, 0.25) is 0 Å². The number of aryl methyl sites for hydroxylation is 1. The van der Waals surface area contributed by atoms with E-state index in [4.69, 9.17) is 0 Å². The van der Waals surface area contributed by atoms with Gasteiger partial charge < -0.3 is 14.9 Å². The van der Waals surface area contributed by atoms with E-state index >= 15 is 0 Å². The molecule has 0 unspecified atom stereocenters. The van der Waals surface area contributed by atoms with Gasteiger partial charge in [-0.25, -0.2) is 14.0 Å². The van der Waals surface area contributed by atoms with Crippen LogP contribution in [0.15, 0.2) is 59.7 Å². The monoisotopic (exact) mass is 393 g/mol. The molecule has 0 amide bonds. The second-order valence-electron chi connectivity index (χ2n) is 7.37. The Labute approximate surface area is 170 Å². The van der Waals surface area contributed by atoms with E-state index in [1.165, 1.54) is 4.68 Å². The lowest BCUT2D eigenvalue weighted by atomic mass is 10.2. The predicted molar refractivity (Wildman–Crippen MR) is 115 cm³/mol. The highest BCUT2D eigenvalue weighted by molar-refractivity contribution is 5.54. The minimum atomic E-state index is -0.0892. The van der Waals surface area contributed by atoms with Gasteiger partial charge in [0.25, 0.3) is 0 Å². The molecular weight excluding hydrogens is 366 g/mol. The van der Waals surface area contributed by atoms with Crippen LogP contribution in [0.1, 0.15) is 19.8 Å². The highest BCUT2D eigenvalue weighted by atomic mass is 16.3. The van der Waals surface area contributed by atoms with Gasteiger partial charge >= 0.3 is 5.69 Å². The summed E-state index contributed by atoms with van der Waals surface area (Å²) in [4.78, 5) is 17.2. The van der Waals surface area contributed by atoms with Crippen LogP contribution in [0.4, 0.5) is 11.4 Å². The molecule has 1 aliphatic rings. The largest absolute Gasteiger partial charge is 0.508 e. The Hall–Kier alpha value is -3.22. The van der Waals surface area contributed by atoms with Gasteiger partial charge in [-0.3, -0.25) is 0 Å². The van der Waals surface area contributed by atoms with E-state index in [1.807, 2.05) is 24.3 Å². The van der Waals surface area contributed by atoms with Crippen LogP contribution in [0.5, 0.6) is 5.75 Å². The van der Waals surface area contributed by atoms with Crippen molar-refractivity contribution in [3.63, 3.8) is 0 Å². The van der Waals surface area contributed by atoms with Crippen molar-refractivity contribution >= 4 is 11.4 Å². The molecule has 29 heavy (non-hydrogen) atoms. The van der Waals surface area contributed by atoms with E-state index in [2.05, 4.69) is 34.0 Å². The number of aromatic hydroxyl groups is 1. The zero-order valence-electron chi connectivity index (χ0n) is 16.7. The van der Waals surface area contributed by atoms with Gasteiger partial charge in [0.15, 0.2) is 0 Å². The second kappa shape index (κ2) is 8.43. The molecule has 0 bridgehead atoms. The van der Waals surface area contributed by atoms with Crippen LogP contribution in [-0.2, 0) is 6.54 Å². The Kier molecular flexibility index (Phi) is 5.55. The van der Waals surface area contributed by atoms with Crippen LogP contribution >= 0.6 is 0 Å². The van der Waals surface area contributed by atoms with Crippen molar-refractivity contribution in [3.05, 3.63) is 65.3 Å². The van der Waals surface area contributed by atoms with Crippen LogP contribution < -0.4 is 15.5 Å². The first-order valence-corrected chi connectivity index (χ1v) is 10.2. The lowest BCUT2D eigenvalue weighted by molar-refractivity contribution is 0.475. The molecule has 1 aliphatic heterocycles. The van der Waals surface area contributed by atoms with Gasteiger partial charge in [0.05, 0.1) is 5.69 Å². The van der Waals surface area contributed by atoms with Crippen molar-refractivity contribution in [2.24, 2.45) is 0 Å². The third-order valence-electron chi connectivity index (χ3n) is 5.44. The molecule has 3 aromatic rings. The second-order valence-corrected chi connectivity index (χ2v) is 7.37. The normalized spacial score (nSPS) is 14.4. The highest BCUT2D eigenvalue weighted by Crippen LogP contribution is 2.23. The number of aromatic nitrogens is 3. The zero-order valence-corrected chi connectivity index (χ0v) is 16.7. The summed E-state index contributed by atoms with van der Waals surface area (Å²) >= 11 is 0. The molecule has 0 atom stereocenters. The van der Waals surface area contributed by atoms with Gasteiger partial charge in [0, 0.05) is 44.1 Å². The van der Waals surface area contributed by atoms with Crippen molar-refractivity contribution in [1.29, 1.82) is 0 Å². The Morgan fingerprint density at radius 1 is 0.862 bits per heavy atom. The summed E-state index contributed by atoms with van der Waals surface area (Å²) in [5.41, 5.74) is 3.04. The molecule has 0 spiro atoms. The zero-order chi connectivity index (χ0) is 20.2. The quantitative estimate of drug-likeness (QED) is 0.698. The number of piperazine rings is 1. The number of benzene rings is 2. The fraction of sp³-hybridized carbons (Fsp3) is 0.364. The number of hydrogen-bond donors (Lipinski definition) is 1. The molecule has 7 nitrogen and oxygen atoms in total. The number of unbranched alkanes of at least 4 members (excludes halogenated alkanes) is 1. The number of nitrogens with zero attached hydrogens (tertiary/aromatic N) is 5. The molecule has 2 heterocycles. The lowest BCUT2D eigenvalue weighted by Crippen LogP contribution is -2.46. The van der Waals surface area contributed by atoms with Crippen LogP contribution in [0.25, 0.3) is 5.69 Å². The summed E-state index contributed by atoms with van der Waals surface area (Å²) in [6.45, 7) is 6.47. The maximum Gasteiger partial charge on any atom is 0.350 e. The third kappa shape index (κ3) is 4.13. The minimum absolute atomic E-state index is 0.0892. The Balaban J connectivity index is 1.41. The third-order valence-corrected chi connectivity index (χ3v) is 5.44. The van der Waals surface area contributed by atoms with Crippen molar-refractivity contribution in [1.82, 2.24) is 14.3 Å². The number of rotatable bonds is 6. The van der Waals surface area contributed by atoms with E-state index in [1.54, 1.807) is 23.0 Å². The van der Waals surface area contributed by atoms with Crippen LogP contribution in [-0.4, -0.2) is 45.6 Å². The molecular formula is C22H27N5O2. The standard InChI is InChI=1S/C22H27N5O2/c1-2-3-12-27-22(29)26(17-23-27)20-6-4-18(5-7-20)24-13-15-25(16-14-24)19-8-10-21(28)11-9-19/h4-11,17,28H,2-3,12-16H2,1H3. The van der Waals surface area contributed by atoms with Crippen molar-refractivity contribution in [2.45, 2.75) is 26.3 Å². The van der Waals surface area contributed by atoms with Crippen LogP contribution in [0.3, 0.4) is 0 Å². The van der Waals surface area contributed by atoms with Crippen molar-refractivity contribution in [3.8, 4) is 11.4 Å². The number of hydrogen-bond acceptors (Lipinski definition) is 5. The summed E-state index contributed by atoms with van der Waals surface area (Å²) in [7, 11) is 0. The Morgan fingerprint density at radius 3 is 1.93 bits per heavy atom. The average Bonchev–Trinajstić information content (AvgIpc) is 3.13. The topological polar surface area (TPSA) is 66.5 Å². The van der Waals surface area contributed by atoms with Crippen molar-refractivity contribution < 1.29 is 5.11 Å². The number of anilines is 2. The highest BCUT2D eigenvalue weighted by Gasteiger charge is 2.18. The molecule has 152 valence electrons. The summed E-state index contributed by atoms with van der Waals surface area (Å²) in [6.07, 6.45) is 3.59. The lowest BCUT2D eigenvalue weighted by Gasteiger charge is -2.37. The van der Waals surface area contributed by atoms with Gasteiger partial charge in [0.1, 0.15) is 12.1 Å². The first-order valence-electron chi connectivity index (χ1n) is 10.2.